The van der Waals surface area contributed by atoms with Crippen molar-refractivity contribution in [1.29, 1.82) is 0 Å². The molecule has 0 radical (unpaired) electrons. The molecule has 1 aromatic rings. The molecule has 0 aliphatic rings. The van der Waals surface area contributed by atoms with Crippen molar-refractivity contribution >= 4 is 5.97 Å². The number of carbonyl (C=O) groups is 1. The Hall–Kier alpha value is -1.52. The SMILES string of the molecule is CC(C)COC(=O)c1c[nH][nH]c1=O. The number of ether oxygens (including phenoxy) is 1. The van der Waals surface area contributed by atoms with Gasteiger partial charge in [0.1, 0.15) is 5.56 Å². The zero-order valence-corrected chi connectivity index (χ0v) is 7.59. The Labute approximate surface area is 75.1 Å². The van der Waals surface area contributed by atoms with Gasteiger partial charge in [0.25, 0.3) is 5.56 Å². The average molecular weight is 184 g/mol. The summed E-state index contributed by atoms with van der Waals surface area (Å²) in [7, 11) is 0. The summed E-state index contributed by atoms with van der Waals surface area (Å²) < 4.78 is 4.85. The van der Waals surface area contributed by atoms with Gasteiger partial charge in [-0.15, -0.1) is 0 Å². The van der Waals surface area contributed by atoms with E-state index in [2.05, 4.69) is 10.2 Å². The molecule has 0 aliphatic heterocycles. The van der Waals surface area contributed by atoms with Gasteiger partial charge in [0.05, 0.1) is 6.61 Å². The van der Waals surface area contributed by atoms with E-state index in [0.717, 1.165) is 0 Å². The Balaban J connectivity index is 2.60. The van der Waals surface area contributed by atoms with Gasteiger partial charge in [-0.05, 0) is 5.92 Å². The van der Waals surface area contributed by atoms with Crippen LogP contribution in [0.3, 0.4) is 0 Å². The van der Waals surface area contributed by atoms with Gasteiger partial charge in [0, 0.05) is 6.20 Å². The van der Waals surface area contributed by atoms with Crippen molar-refractivity contribution in [3.05, 3.63) is 22.1 Å². The van der Waals surface area contributed by atoms with Crippen molar-refractivity contribution in [2.45, 2.75) is 13.8 Å². The minimum atomic E-state index is -0.587. The number of rotatable bonds is 3. The smallest absolute Gasteiger partial charge is 0.345 e. The highest BCUT2D eigenvalue weighted by molar-refractivity contribution is 5.88. The van der Waals surface area contributed by atoms with Crippen molar-refractivity contribution in [1.82, 2.24) is 10.2 Å². The third-order valence-corrected chi connectivity index (χ3v) is 1.41. The van der Waals surface area contributed by atoms with Gasteiger partial charge >= 0.3 is 5.97 Å². The number of esters is 1. The highest BCUT2D eigenvalue weighted by atomic mass is 16.5. The highest BCUT2D eigenvalue weighted by Crippen LogP contribution is 1.97. The van der Waals surface area contributed by atoms with E-state index in [1.165, 1.54) is 6.20 Å². The van der Waals surface area contributed by atoms with Gasteiger partial charge in [-0.3, -0.25) is 9.89 Å². The second-order valence-electron chi connectivity index (χ2n) is 3.15. The first-order chi connectivity index (χ1) is 6.11. The maximum atomic E-state index is 11.2. The minimum Gasteiger partial charge on any atom is -0.462 e. The summed E-state index contributed by atoms with van der Waals surface area (Å²) in [4.78, 5) is 22.1. The van der Waals surface area contributed by atoms with E-state index in [0.29, 0.717) is 6.61 Å². The summed E-state index contributed by atoms with van der Waals surface area (Å²) in [5, 5.41) is 4.68. The number of aromatic amines is 2. The van der Waals surface area contributed by atoms with E-state index in [1.807, 2.05) is 13.8 Å². The molecule has 13 heavy (non-hydrogen) atoms. The standard InChI is InChI=1S/C8H12N2O3/c1-5(2)4-13-8(12)6-3-9-10-7(6)11/h3,5H,4H2,1-2H3,(H2,9,10,11). The van der Waals surface area contributed by atoms with Gasteiger partial charge < -0.3 is 9.84 Å². The monoisotopic (exact) mass is 184 g/mol. The molecule has 0 aliphatic carbocycles. The van der Waals surface area contributed by atoms with Crippen LogP contribution in [0.15, 0.2) is 11.0 Å². The fourth-order valence-electron chi connectivity index (χ4n) is 0.778. The molecule has 0 amide bonds. The van der Waals surface area contributed by atoms with E-state index in [9.17, 15) is 9.59 Å². The Morgan fingerprint density at radius 3 is 2.77 bits per heavy atom. The molecule has 1 heterocycles. The third kappa shape index (κ3) is 2.47. The maximum Gasteiger partial charge on any atom is 0.345 e. The summed E-state index contributed by atoms with van der Waals surface area (Å²) in [6.45, 7) is 4.17. The lowest BCUT2D eigenvalue weighted by Crippen LogP contribution is -2.16. The van der Waals surface area contributed by atoms with E-state index in [-0.39, 0.29) is 11.5 Å². The second kappa shape index (κ2) is 3.93. The van der Waals surface area contributed by atoms with Gasteiger partial charge in [-0.1, -0.05) is 13.8 Å². The molecule has 1 rings (SSSR count). The predicted molar refractivity (Wildman–Crippen MR) is 46.5 cm³/mol. The van der Waals surface area contributed by atoms with Gasteiger partial charge in [0.15, 0.2) is 0 Å². The molecule has 5 heteroatoms. The topological polar surface area (TPSA) is 75.0 Å². The van der Waals surface area contributed by atoms with Crippen LogP contribution in [0.5, 0.6) is 0 Å². The molecule has 72 valence electrons. The van der Waals surface area contributed by atoms with E-state index in [1.54, 1.807) is 0 Å². The van der Waals surface area contributed by atoms with Crippen LogP contribution in [-0.2, 0) is 4.74 Å². The van der Waals surface area contributed by atoms with Crippen LogP contribution in [0.25, 0.3) is 0 Å². The van der Waals surface area contributed by atoms with Crippen LogP contribution in [0.1, 0.15) is 24.2 Å². The Kier molecular flexibility index (Phi) is 2.89. The summed E-state index contributed by atoms with van der Waals surface area (Å²) in [6.07, 6.45) is 1.30. The van der Waals surface area contributed by atoms with E-state index in [4.69, 9.17) is 4.74 Å². The number of H-pyrrole nitrogens is 2. The number of carbonyl (C=O) groups excluding carboxylic acids is 1. The molecule has 5 nitrogen and oxygen atoms in total. The summed E-state index contributed by atoms with van der Waals surface area (Å²) in [5.74, 6) is -0.321. The normalized spacial score (nSPS) is 10.4. The molecule has 0 saturated heterocycles. The van der Waals surface area contributed by atoms with Crippen molar-refractivity contribution in [2.24, 2.45) is 5.92 Å². The van der Waals surface area contributed by atoms with Crippen molar-refractivity contribution in [2.75, 3.05) is 6.61 Å². The lowest BCUT2D eigenvalue weighted by Gasteiger charge is -2.04. The third-order valence-electron chi connectivity index (χ3n) is 1.41. The van der Waals surface area contributed by atoms with E-state index >= 15 is 0 Å². The van der Waals surface area contributed by atoms with Crippen LogP contribution in [0.2, 0.25) is 0 Å². The number of nitrogens with one attached hydrogen (secondary N) is 2. The molecular formula is C8H12N2O3. The van der Waals surface area contributed by atoms with Crippen LogP contribution in [0.4, 0.5) is 0 Å². The predicted octanol–water partition coefficient (Wildman–Crippen LogP) is 0.516. The fraction of sp³-hybridized carbons (Fsp3) is 0.500. The Morgan fingerprint density at radius 1 is 1.62 bits per heavy atom. The zero-order valence-electron chi connectivity index (χ0n) is 7.59. The van der Waals surface area contributed by atoms with Crippen molar-refractivity contribution in [3.63, 3.8) is 0 Å². The molecular weight excluding hydrogens is 172 g/mol. The molecule has 1 aromatic heterocycles. The summed E-state index contributed by atoms with van der Waals surface area (Å²) >= 11 is 0. The first kappa shape index (κ1) is 9.57. The minimum absolute atomic E-state index is 0.0145. The van der Waals surface area contributed by atoms with E-state index < -0.39 is 11.5 Å². The Morgan fingerprint density at radius 2 is 2.31 bits per heavy atom. The van der Waals surface area contributed by atoms with Crippen LogP contribution < -0.4 is 5.56 Å². The molecule has 0 spiro atoms. The molecule has 0 atom stereocenters. The van der Waals surface area contributed by atoms with Gasteiger partial charge in [-0.2, -0.15) is 0 Å². The fourth-order valence-corrected chi connectivity index (χ4v) is 0.778. The van der Waals surface area contributed by atoms with Gasteiger partial charge in [-0.25, -0.2) is 4.79 Å². The molecule has 0 bridgehead atoms. The van der Waals surface area contributed by atoms with Crippen molar-refractivity contribution < 1.29 is 9.53 Å². The second-order valence-corrected chi connectivity index (χ2v) is 3.15. The van der Waals surface area contributed by atoms with Gasteiger partial charge in [0.2, 0.25) is 0 Å². The first-order valence-corrected chi connectivity index (χ1v) is 4.04. The highest BCUT2D eigenvalue weighted by Gasteiger charge is 2.12. The van der Waals surface area contributed by atoms with Crippen LogP contribution >= 0.6 is 0 Å². The molecule has 0 saturated carbocycles. The summed E-state index contributed by atoms with van der Waals surface area (Å²) in [6, 6.07) is 0. The molecule has 0 fully saturated rings. The lowest BCUT2D eigenvalue weighted by molar-refractivity contribution is 0.0457. The largest absolute Gasteiger partial charge is 0.462 e. The number of hydrogen-bond donors (Lipinski definition) is 2. The molecule has 0 unspecified atom stereocenters. The number of hydrogen-bond acceptors (Lipinski definition) is 3. The quantitative estimate of drug-likeness (QED) is 0.672. The first-order valence-electron chi connectivity index (χ1n) is 4.04. The zero-order chi connectivity index (χ0) is 9.84. The lowest BCUT2D eigenvalue weighted by atomic mass is 10.2. The Bertz CT molecular complexity index is 337. The van der Waals surface area contributed by atoms with Crippen LogP contribution in [-0.4, -0.2) is 22.8 Å². The molecule has 2 N–H and O–H groups in total. The van der Waals surface area contributed by atoms with Crippen LogP contribution in [0, 0.1) is 5.92 Å². The summed E-state index contributed by atoms with van der Waals surface area (Å²) in [5.41, 5.74) is -0.436. The molecule has 0 aromatic carbocycles. The maximum absolute atomic E-state index is 11.2. The number of aromatic nitrogens is 2. The van der Waals surface area contributed by atoms with Crippen molar-refractivity contribution in [3.8, 4) is 0 Å². The average Bonchev–Trinajstić information content (AvgIpc) is 2.47.